The van der Waals surface area contributed by atoms with Gasteiger partial charge in [0.05, 0.1) is 4.90 Å². The van der Waals surface area contributed by atoms with Crippen molar-refractivity contribution in [2.24, 2.45) is 0 Å². The molecule has 4 nitrogen and oxygen atoms in total. The summed E-state index contributed by atoms with van der Waals surface area (Å²) in [6, 6.07) is 8.81. The van der Waals surface area contributed by atoms with Crippen LogP contribution in [0.4, 0.5) is 0 Å². The molecule has 1 fully saturated rings. The molecule has 2 rings (SSSR count). The molecular formula is C15H24N2O2S. The van der Waals surface area contributed by atoms with Crippen LogP contribution in [-0.4, -0.2) is 37.4 Å². The first-order valence-corrected chi connectivity index (χ1v) is 8.58. The van der Waals surface area contributed by atoms with Crippen molar-refractivity contribution in [3.8, 4) is 0 Å². The smallest absolute Gasteiger partial charge is 0.243 e. The average molecular weight is 296 g/mol. The minimum atomic E-state index is -3.45. The third kappa shape index (κ3) is 3.22. The fourth-order valence-corrected chi connectivity index (χ4v) is 4.90. The van der Waals surface area contributed by atoms with Crippen LogP contribution >= 0.6 is 0 Å². The second-order valence-electron chi connectivity index (χ2n) is 6.27. The molecular weight excluding hydrogens is 272 g/mol. The summed E-state index contributed by atoms with van der Waals surface area (Å²) in [5.74, 6) is 0. The highest BCUT2D eigenvalue weighted by Gasteiger charge is 2.39. The van der Waals surface area contributed by atoms with E-state index in [1.807, 2.05) is 26.8 Å². The molecule has 0 radical (unpaired) electrons. The topological polar surface area (TPSA) is 49.4 Å². The highest BCUT2D eigenvalue weighted by molar-refractivity contribution is 7.89. The molecule has 1 aromatic carbocycles. The Morgan fingerprint density at radius 2 is 1.65 bits per heavy atom. The molecule has 0 aromatic heterocycles. The van der Waals surface area contributed by atoms with Crippen LogP contribution in [0.3, 0.4) is 0 Å². The Balaban J connectivity index is 2.41. The first-order valence-electron chi connectivity index (χ1n) is 7.14. The lowest BCUT2D eigenvalue weighted by atomic mass is 10.0. The number of benzene rings is 1. The van der Waals surface area contributed by atoms with Crippen molar-refractivity contribution in [3.63, 3.8) is 0 Å². The van der Waals surface area contributed by atoms with Gasteiger partial charge in [-0.05, 0) is 58.8 Å². The highest BCUT2D eigenvalue weighted by atomic mass is 32.2. The third-order valence-corrected chi connectivity index (χ3v) is 5.83. The third-order valence-electron chi connectivity index (χ3n) is 3.60. The Bertz CT molecular complexity index is 529. The zero-order chi connectivity index (χ0) is 14.8. The summed E-state index contributed by atoms with van der Waals surface area (Å²) < 4.78 is 27.7. The Hall–Kier alpha value is -0.910. The molecule has 0 amide bonds. The largest absolute Gasteiger partial charge is 0.317 e. The van der Waals surface area contributed by atoms with E-state index in [0.717, 1.165) is 25.9 Å². The van der Waals surface area contributed by atoms with Crippen molar-refractivity contribution >= 4 is 10.0 Å². The van der Waals surface area contributed by atoms with E-state index in [9.17, 15) is 8.42 Å². The standard InChI is InChI=1S/C15H24N2O2S/c1-15(2,3)17(13-9-11-16-12-10-13)20(18,19)14-7-5-4-6-8-14/h4-8,13,16H,9-12H2,1-3H3. The molecule has 0 aliphatic carbocycles. The molecule has 1 aromatic rings. The molecule has 0 bridgehead atoms. The molecule has 0 saturated carbocycles. The lowest BCUT2D eigenvalue weighted by Crippen LogP contribution is -2.54. The van der Waals surface area contributed by atoms with Gasteiger partial charge in [0.2, 0.25) is 10.0 Å². The van der Waals surface area contributed by atoms with Crippen LogP contribution < -0.4 is 5.32 Å². The van der Waals surface area contributed by atoms with Crippen molar-refractivity contribution < 1.29 is 8.42 Å². The molecule has 0 spiro atoms. The van der Waals surface area contributed by atoms with Crippen molar-refractivity contribution in [3.05, 3.63) is 30.3 Å². The minimum absolute atomic E-state index is 0.0708. The lowest BCUT2D eigenvalue weighted by Gasteiger charge is -2.42. The zero-order valence-electron chi connectivity index (χ0n) is 12.5. The maximum atomic E-state index is 13.0. The Kier molecular flexibility index (Phi) is 4.52. The molecule has 1 saturated heterocycles. The Labute approximate surface area is 122 Å². The van der Waals surface area contributed by atoms with Crippen LogP contribution in [0.1, 0.15) is 33.6 Å². The van der Waals surface area contributed by atoms with E-state index in [-0.39, 0.29) is 6.04 Å². The number of nitrogens with one attached hydrogen (secondary N) is 1. The minimum Gasteiger partial charge on any atom is -0.317 e. The van der Waals surface area contributed by atoms with E-state index in [2.05, 4.69) is 5.32 Å². The first kappa shape index (κ1) is 15.5. The van der Waals surface area contributed by atoms with E-state index >= 15 is 0 Å². The molecule has 0 atom stereocenters. The van der Waals surface area contributed by atoms with Crippen molar-refractivity contribution in [2.45, 2.75) is 50.1 Å². The van der Waals surface area contributed by atoms with Crippen LogP contribution in [0, 0.1) is 0 Å². The molecule has 1 heterocycles. The summed E-state index contributed by atoms with van der Waals surface area (Å²) in [5.41, 5.74) is -0.420. The normalized spacial score (nSPS) is 18.4. The fourth-order valence-electron chi connectivity index (χ4n) is 2.85. The Morgan fingerprint density at radius 3 is 2.15 bits per heavy atom. The van der Waals surface area contributed by atoms with Gasteiger partial charge in [0.25, 0.3) is 0 Å². The summed E-state index contributed by atoms with van der Waals surface area (Å²) in [5, 5.41) is 3.29. The maximum Gasteiger partial charge on any atom is 0.243 e. The SMILES string of the molecule is CC(C)(C)N(C1CCNCC1)S(=O)(=O)c1ccccc1. The van der Waals surface area contributed by atoms with E-state index in [1.165, 1.54) is 0 Å². The number of piperidine rings is 1. The number of hydrogen-bond acceptors (Lipinski definition) is 3. The van der Waals surface area contributed by atoms with Gasteiger partial charge in [-0.3, -0.25) is 0 Å². The monoisotopic (exact) mass is 296 g/mol. The number of hydrogen-bond donors (Lipinski definition) is 1. The van der Waals surface area contributed by atoms with Crippen LogP contribution in [0.2, 0.25) is 0 Å². The molecule has 1 aliphatic heterocycles. The highest BCUT2D eigenvalue weighted by Crippen LogP contribution is 2.30. The Morgan fingerprint density at radius 1 is 1.10 bits per heavy atom. The molecule has 1 N–H and O–H groups in total. The quantitative estimate of drug-likeness (QED) is 0.930. The van der Waals surface area contributed by atoms with Crippen molar-refractivity contribution in [1.29, 1.82) is 0 Å². The predicted octanol–water partition coefficient (Wildman–Crippen LogP) is 2.23. The molecule has 1 aliphatic rings. The second-order valence-corrected chi connectivity index (χ2v) is 8.08. The predicted molar refractivity (Wildman–Crippen MR) is 81.1 cm³/mol. The average Bonchev–Trinajstić information content (AvgIpc) is 2.39. The van der Waals surface area contributed by atoms with Crippen LogP contribution in [0.25, 0.3) is 0 Å². The summed E-state index contributed by atoms with van der Waals surface area (Å²) in [7, 11) is -3.45. The summed E-state index contributed by atoms with van der Waals surface area (Å²) in [6.07, 6.45) is 1.73. The number of nitrogens with zero attached hydrogens (tertiary/aromatic N) is 1. The van der Waals surface area contributed by atoms with Gasteiger partial charge in [-0.15, -0.1) is 0 Å². The zero-order valence-corrected chi connectivity index (χ0v) is 13.3. The molecule has 112 valence electrons. The number of sulfonamides is 1. The van der Waals surface area contributed by atoms with Gasteiger partial charge >= 0.3 is 0 Å². The van der Waals surface area contributed by atoms with Gasteiger partial charge in [0.15, 0.2) is 0 Å². The molecule has 0 unspecified atom stereocenters. The van der Waals surface area contributed by atoms with Crippen LogP contribution in [-0.2, 0) is 10.0 Å². The van der Waals surface area contributed by atoms with E-state index in [0.29, 0.717) is 4.90 Å². The van der Waals surface area contributed by atoms with Gasteiger partial charge < -0.3 is 5.32 Å². The van der Waals surface area contributed by atoms with Crippen molar-refractivity contribution in [2.75, 3.05) is 13.1 Å². The summed E-state index contributed by atoms with van der Waals surface area (Å²) >= 11 is 0. The number of rotatable bonds is 3. The van der Waals surface area contributed by atoms with E-state index in [1.54, 1.807) is 28.6 Å². The summed E-state index contributed by atoms with van der Waals surface area (Å²) in [4.78, 5) is 0.383. The van der Waals surface area contributed by atoms with Crippen LogP contribution in [0.5, 0.6) is 0 Å². The fraction of sp³-hybridized carbons (Fsp3) is 0.600. The van der Waals surface area contributed by atoms with E-state index < -0.39 is 15.6 Å². The first-order chi connectivity index (χ1) is 9.33. The molecule has 5 heteroatoms. The van der Waals surface area contributed by atoms with Gasteiger partial charge in [-0.2, -0.15) is 4.31 Å². The van der Waals surface area contributed by atoms with Crippen LogP contribution in [0.15, 0.2) is 35.2 Å². The summed E-state index contributed by atoms with van der Waals surface area (Å²) in [6.45, 7) is 7.66. The van der Waals surface area contributed by atoms with Gasteiger partial charge in [0, 0.05) is 11.6 Å². The molecule has 20 heavy (non-hydrogen) atoms. The maximum absolute atomic E-state index is 13.0. The van der Waals surface area contributed by atoms with Gasteiger partial charge in [0.1, 0.15) is 0 Å². The van der Waals surface area contributed by atoms with E-state index in [4.69, 9.17) is 0 Å². The van der Waals surface area contributed by atoms with Gasteiger partial charge in [-0.25, -0.2) is 8.42 Å². The lowest BCUT2D eigenvalue weighted by molar-refractivity contribution is 0.161. The second kappa shape index (κ2) is 5.84. The van der Waals surface area contributed by atoms with Gasteiger partial charge in [-0.1, -0.05) is 18.2 Å². The van der Waals surface area contributed by atoms with Crippen molar-refractivity contribution in [1.82, 2.24) is 9.62 Å².